The lowest BCUT2D eigenvalue weighted by atomic mass is 9.89. The maximum absolute atomic E-state index is 13.7. The third-order valence-electron chi connectivity index (χ3n) is 4.64. The van der Waals surface area contributed by atoms with Gasteiger partial charge in [0.25, 0.3) is 5.91 Å². The molecule has 2 fully saturated rings. The van der Waals surface area contributed by atoms with Crippen LogP contribution in [0.15, 0.2) is 16.6 Å². The smallest absolute Gasteiger partial charge is 0.257 e. The molecule has 3 rings (SSSR count). The highest BCUT2D eigenvalue weighted by atomic mass is 79.9. The summed E-state index contributed by atoms with van der Waals surface area (Å²) in [6.07, 6.45) is 4.91. The SMILES string of the molecule is O=C(NCC1CC2CCC1C2)c1c(F)cc(Br)cc1F. The number of carbonyl (C=O) groups excluding carboxylic acids is 1. The molecule has 1 aromatic carbocycles. The van der Waals surface area contributed by atoms with Crippen LogP contribution in [0.25, 0.3) is 0 Å². The fourth-order valence-corrected chi connectivity index (χ4v) is 4.10. The Kier molecular flexibility index (Phi) is 3.80. The lowest BCUT2D eigenvalue weighted by Gasteiger charge is -2.21. The molecular formula is C15H16BrF2NO. The van der Waals surface area contributed by atoms with Gasteiger partial charge in [-0.25, -0.2) is 8.78 Å². The van der Waals surface area contributed by atoms with Gasteiger partial charge in [0.05, 0.1) is 0 Å². The molecule has 0 heterocycles. The molecule has 3 unspecified atom stereocenters. The minimum Gasteiger partial charge on any atom is -0.352 e. The number of rotatable bonds is 3. The summed E-state index contributed by atoms with van der Waals surface area (Å²) in [6.45, 7) is 0.523. The Labute approximate surface area is 125 Å². The fraction of sp³-hybridized carbons (Fsp3) is 0.533. The van der Waals surface area contributed by atoms with E-state index in [0.29, 0.717) is 18.4 Å². The monoisotopic (exact) mass is 343 g/mol. The van der Waals surface area contributed by atoms with E-state index < -0.39 is 23.1 Å². The summed E-state index contributed by atoms with van der Waals surface area (Å²) in [7, 11) is 0. The number of hydrogen-bond acceptors (Lipinski definition) is 1. The number of halogens is 3. The van der Waals surface area contributed by atoms with Gasteiger partial charge in [0.2, 0.25) is 0 Å². The quantitative estimate of drug-likeness (QED) is 0.886. The first-order valence-corrected chi connectivity index (χ1v) is 7.76. The second kappa shape index (κ2) is 5.43. The van der Waals surface area contributed by atoms with E-state index in [4.69, 9.17) is 0 Å². The molecule has 1 amide bonds. The average Bonchev–Trinajstić information content (AvgIpc) is 2.97. The molecule has 0 radical (unpaired) electrons. The molecule has 20 heavy (non-hydrogen) atoms. The van der Waals surface area contributed by atoms with Crippen LogP contribution in [0.5, 0.6) is 0 Å². The van der Waals surface area contributed by atoms with Gasteiger partial charge in [-0.05, 0) is 49.1 Å². The highest BCUT2D eigenvalue weighted by molar-refractivity contribution is 9.10. The number of amides is 1. The van der Waals surface area contributed by atoms with Gasteiger partial charge in [0.1, 0.15) is 17.2 Å². The van der Waals surface area contributed by atoms with Gasteiger partial charge in [-0.2, -0.15) is 0 Å². The minimum atomic E-state index is -0.831. The highest BCUT2D eigenvalue weighted by Gasteiger charge is 2.39. The van der Waals surface area contributed by atoms with Crippen LogP contribution in [0.1, 0.15) is 36.0 Å². The van der Waals surface area contributed by atoms with Gasteiger partial charge in [-0.3, -0.25) is 4.79 Å². The van der Waals surface area contributed by atoms with E-state index in [9.17, 15) is 13.6 Å². The van der Waals surface area contributed by atoms with Crippen molar-refractivity contribution in [2.45, 2.75) is 25.7 Å². The topological polar surface area (TPSA) is 29.1 Å². The first-order valence-electron chi connectivity index (χ1n) is 6.97. The summed E-state index contributed by atoms with van der Waals surface area (Å²) in [5, 5.41) is 2.69. The van der Waals surface area contributed by atoms with Crippen LogP contribution in [0.4, 0.5) is 8.78 Å². The van der Waals surface area contributed by atoms with Crippen LogP contribution in [0, 0.1) is 29.4 Å². The normalized spacial score (nSPS) is 27.9. The van der Waals surface area contributed by atoms with Crippen LogP contribution < -0.4 is 5.32 Å². The van der Waals surface area contributed by atoms with Crippen LogP contribution in [0.3, 0.4) is 0 Å². The molecule has 108 valence electrons. The molecule has 1 aromatic rings. The van der Waals surface area contributed by atoms with Crippen molar-refractivity contribution in [3.05, 3.63) is 33.8 Å². The summed E-state index contributed by atoms with van der Waals surface area (Å²) < 4.78 is 27.7. The molecule has 2 nitrogen and oxygen atoms in total. The number of benzene rings is 1. The second-order valence-corrected chi connectivity index (χ2v) is 6.81. The maximum atomic E-state index is 13.7. The Hall–Kier alpha value is -0.970. The molecule has 0 saturated heterocycles. The minimum absolute atomic E-state index is 0.289. The van der Waals surface area contributed by atoms with Crippen molar-refractivity contribution in [1.29, 1.82) is 0 Å². The number of fused-ring (bicyclic) bond motifs is 2. The Morgan fingerprint density at radius 1 is 1.25 bits per heavy atom. The van der Waals surface area contributed by atoms with Crippen molar-refractivity contribution in [3.63, 3.8) is 0 Å². The molecular weight excluding hydrogens is 328 g/mol. The van der Waals surface area contributed by atoms with E-state index >= 15 is 0 Å². The molecule has 0 aliphatic heterocycles. The number of nitrogens with one attached hydrogen (secondary N) is 1. The third kappa shape index (κ3) is 2.60. The van der Waals surface area contributed by atoms with Crippen molar-refractivity contribution in [1.82, 2.24) is 5.32 Å². The van der Waals surface area contributed by atoms with E-state index in [-0.39, 0.29) is 4.47 Å². The lowest BCUT2D eigenvalue weighted by Crippen LogP contribution is -2.32. The molecule has 0 spiro atoms. The van der Waals surface area contributed by atoms with Gasteiger partial charge in [0.15, 0.2) is 0 Å². The first kappa shape index (κ1) is 14.0. The third-order valence-corrected chi connectivity index (χ3v) is 5.10. The average molecular weight is 344 g/mol. The van der Waals surface area contributed by atoms with Crippen molar-refractivity contribution < 1.29 is 13.6 Å². The molecule has 1 N–H and O–H groups in total. The van der Waals surface area contributed by atoms with Gasteiger partial charge < -0.3 is 5.32 Å². The fourth-order valence-electron chi connectivity index (χ4n) is 3.70. The standard InChI is InChI=1S/C15H16BrF2NO/c16-11-5-12(17)14(13(18)6-11)15(20)19-7-10-4-8-1-2-9(10)3-8/h5-6,8-10H,1-4,7H2,(H,19,20). The Morgan fingerprint density at radius 3 is 2.50 bits per heavy atom. The van der Waals surface area contributed by atoms with Crippen molar-refractivity contribution in [3.8, 4) is 0 Å². The van der Waals surface area contributed by atoms with E-state index in [1.54, 1.807) is 0 Å². The Balaban J connectivity index is 1.65. The van der Waals surface area contributed by atoms with Gasteiger partial charge in [0, 0.05) is 11.0 Å². The zero-order valence-electron chi connectivity index (χ0n) is 11.0. The predicted octanol–water partition coefficient (Wildman–Crippen LogP) is 3.89. The second-order valence-electron chi connectivity index (χ2n) is 5.89. The van der Waals surface area contributed by atoms with Gasteiger partial charge in [-0.1, -0.05) is 22.4 Å². The number of carbonyl (C=O) groups is 1. The molecule has 2 saturated carbocycles. The summed E-state index contributed by atoms with van der Waals surface area (Å²) in [4.78, 5) is 12.0. The highest BCUT2D eigenvalue weighted by Crippen LogP contribution is 2.47. The molecule has 0 aromatic heterocycles. The summed E-state index contributed by atoms with van der Waals surface area (Å²) in [6, 6.07) is 2.21. The van der Waals surface area contributed by atoms with E-state index in [2.05, 4.69) is 21.2 Å². The molecule has 2 bridgehead atoms. The van der Waals surface area contributed by atoms with Crippen LogP contribution in [0.2, 0.25) is 0 Å². The largest absolute Gasteiger partial charge is 0.352 e. The van der Waals surface area contributed by atoms with Gasteiger partial charge >= 0.3 is 0 Å². The van der Waals surface area contributed by atoms with Gasteiger partial charge in [-0.15, -0.1) is 0 Å². The van der Waals surface area contributed by atoms with Crippen molar-refractivity contribution in [2.75, 3.05) is 6.54 Å². The van der Waals surface area contributed by atoms with E-state index in [1.165, 1.54) is 19.3 Å². The van der Waals surface area contributed by atoms with Crippen molar-refractivity contribution >= 4 is 21.8 Å². The lowest BCUT2D eigenvalue weighted by molar-refractivity contribution is 0.0933. The zero-order valence-corrected chi connectivity index (χ0v) is 12.6. The first-order chi connectivity index (χ1) is 9.54. The molecule has 3 atom stereocenters. The maximum Gasteiger partial charge on any atom is 0.257 e. The Bertz CT molecular complexity index is 526. The Morgan fingerprint density at radius 2 is 1.95 bits per heavy atom. The van der Waals surface area contributed by atoms with E-state index in [1.807, 2.05) is 0 Å². The predicted molar refractivity (Wildman–Crippen MR) is 75.3 cm³/mol. The summed E-state index contributed by atoms with van der Waals surface area (Å²) in [5.41, 5.74) is -0.489. The molecule has 2 aliphatic carbocycles. The van der Waals surface area contributed by atoms with Crippen molar-refractivity contribution in [2.24, 2.45) is 17.8 Å². The van der Waals surface area contributed by atoms with Crippen LogP contribution >= 0.6 is 15.9 Å². The van der Waals surface area contributed by atoms with Crippen LogP contribution in [-0.4, -0.2) is 12.5 Å². The zero-order chi connectivity index (χ0) is 14.3. The summed E-state index contributed by atoms with van der Waals surface area (Å²) in [5.74, 6) is -0.373. The van der Waals surface area contributed by atoms with E-state index in [0.717, 1.165) is 24.5 Å². The van der Waals surface area contributed by atoms with Crippen LogP contribution in [-0.2, 0) is 0 Å². The molecule has 5 heteroatoms. The molecule has 2 aliphatic rings. The number of hydrogen-bond donors (Lipinski definition) is 1. The summed E-state index contributed by atoms with van der Waals surface area (Å²) >= 11 is 3.00.